The first kappa shape index (κ1) is 13.8. The number of methoxy groups -OCH3 is 1. The van der Waals surface area contributed by atoms with Crippen molar-refractivity contribution < 1.29 is 9.53 Å². The summed E-state index contributed by atoms with van der Waals surface area (Å²) in [7, 11) is 1.53. The SMILES string of the molecule is CCC1CN(C(=O)c2cccnc2OC)CCC1N. The van der Waals surface area contributed by atoms with E-state index in [9.17, 15) is 4.79 Å². The molecule has 0 aromatic carbocycles. The van der Waals surface area contributed by atoms with Gasteiger partial charge in [-0.3, -0.25) is 4.79 Å². The molecular weight excluding hydrogens is 242 g/mol. The molecule has 0 bridgehead atoms. The lowest BCUT2D eigenvalue weighted by atomic mass is 9.90. The summed E-state index contributed by atoms with van der Waals surface area (Å²) in [5.41, 5.74) is 6.60. The average Bonchev–Trinajstić information content (AvgIpc) is 2.47. The minimum Gasteiger partial charge on any atom is -0.480 e. The Kier molecular flexibility index (Phi) is 4.37. The van der Waals surface area contributed by atoms with Crippen molar-refractivity contribution in [2.24, 2.45) is 11.7 Å². The summed E-state index contributed by atoms with van der Waals surface area (Å²) in [6.45, 7) is 3.53. The van der Waals surface area contributed by atoms with Crippen LogP contribution in [0.1, 0.15) is 30.1 Å². The fraction of sp³-hybridized carbons (Fsp3) is 0.571. The van der Waals surface area contributed by atoms with Crippen LogP contribution in [0.5, 0.6) is 5.88 Å². The topological polar surface area (TPSA) is 68.5 Å². The van der Waals surface area contributed by atoms with Crippen molar-refractivity contribution in [3.8, 4) is 5.88 Å². The number of piperidine rings is 1. The molecule has 2 heterocycles. The second-order valence-electron chi connectivity index (χ2n) is 4.93. The lowest BCUT2D eigenvalue weighted by molar-refractivity contribution is 0.0645. The van der Waals surface area contributed by atoms with E-state index in [0.717, 1.165) is 12.8 Å². The molecule has 104 valence electrons. The van der Waals surface area contributed by atoms with Gasteiger partial charge in [0.2, 0.25) is 5.88 Å². The second-order valence-corrected chi connectivity index (χ2v) is 4.93. The van der Waals surface area contributed by atoms with Gasteiger partial charge in [0.15, 0.2) is 0 Å². The van der Waals surface area contributed by atoms with Gasteiger partial charge in [-0.2, -0.15) is 0 Å². The van der Waals surface area contributed by atoms with Crippen LogP contribution < -0.4 is 10.5 Å². The molecule has 0 spiro atoms. The zero-order valence-electron chi connectivity index (χ0n) is 11.5. The van der Waals surface area contributed by atoms with Crippen LogP contribution in [-0.4, -0.2) is 42.0 Å². The molecule has 2 rings (SSSR count). The normalized spacial score (nSPS) is 23.2. The number of hydrogen-bond acceptors (Lipinski definition) is 4. The molecule has 1 aromatic heterocycles. The first-order valence-corrected chi connectivity index (χ1v) is 6.71. The first-order chi connectivity index (χ1) is 9.17. The molecule has 5 heteroatoms. The van der Waals surface area contributed by atoms with Crippen molar-refractivity contribution >= 4 is 5.91 Å². The number of nitrogens with zero attached hydrogens (tertiary/aromatic N) is 2. The standard InChI is InChI=1S/C14H21N3O2/c1-3-10-9-17(8-6-12(10)15)14(18)11-5-4-7-16-13(11)19-2/h4-5,7,10,12H,3,6,8-9,15H2,1-2H3. The van der Waals surface area contributed by atoms with Crippen molar-refractivity contribution in [3.63, 3.8) is 0 Å². The molecule has 1 aliphatic rings. The predicted octanol–water partition coefficient (Wildman–Crippen LogP) is 1.29. The number of likely N-dealkylation sites (tertiary alicyclic amines) is 1. The van der Waals surface area contributed by atoms with Crippen molar-refractivity contribution in [2.75, 3.05) is 20.2 Å². The van der Waals surface area contributed by atoms with Gasteiger partial charge in [0.1, 0.15) is 5.56 Å². The molecular formula is C14H21N3O2. The fourth-order valence-corrected chi connectivity index (χ4v) is 2.55. The molecule has 1 aliphatic heterocycles. The molecule has 0 radical (unpaired) electrons. The highest BCUT2D eigenvalue weighted by atomic mass is 16.5. The number of rotatable bonds is 3. The molecule has 1 saturated heterocycles. The Labute approximate surface area is 113 Å². The Morgan fingerprint density at radius 1 is 1.63 bits per heavy atom. The summed E-state index contributed by atoms with van der Waals surface area (Å²) in [6, 6.07) is 3.71. The van der Waals surface area contributed by atoms with Gasteiger partial charge >= 0.3 is 0 Å². The van der Waals surface area contributed by atoms with E-state index in [1.807, 2.05) is 4.90 Å². The van der Waals surface area contributed by atoms with E-state index in [1.165, 1.54) is 7.11 Å². The van der Waals surface area contributed by atoms with E-state index in [4.69, 9.17) is 10.5 Å². The summed E-state index contributed by atoms with van der Waals surface area (Å²) in [6.07, 6.45) is 3.47. The smallest absolute Gasteiger partial charge is 0.259 e. The van der Waals surface area contributed by atoms with Crippen LogP contribution in [0.4, 0.5) is 0 Å². The third kappa shape index (κ3) is 2.87. The predicted molar refractivity (Wildman–Crippen MR) is 73.1 cm³/mol. The first-order valence-electron chi connectivity index (χ1n) is 6.71. The monoisotopic (exact) mass is 263 g/mol. The molecule has 1 amide bonds. The van der Waals surface area contributed by atoms with Crippen LogP contribution in [0.3, 0.4) is 0 Å². The van der Waals surface area contributed by atoms with E-state index in [0.29, 0.717) is 30.5 Å². The molecule has 2 atom stereocenters. The van der Waals surface area contributed by atoms with E-state index in [1.54, 1.807) is 18.3 Å². The molecule has 19 heavy (non-hydrogen) atoms. The summed E-state index contributed by atoms with van der Waals surface area (Å²) in [5.74, 6) is 0.742. The summed E-state index contributed by atoms with van der Waals surface area (Å²) < 4.78 is 5.15. The van der Waals surface area contributed by atoms with Gasteiger partial charge in [-0.15, -0.1) is 0 Å². The van der Waals surface area contributed by atoms with Crippen LogP contribution in [-0.2, 0) is 0 Å². The molecule has 2 unspecified atom stereocenters. The number of amides is 1. The maximum atomic E-state index is 12.5. The number of carbonyl (C=O) groups excluding carboxylic acids is 1. The summed E-state index contributed by atoms with van der Waals surface area (Å²) >= 11 is 0. The highest BCUT2D eigenvalue weighted by Crippen LogP contribution is 2.22. The number of aromatic nitrogens is 1. The van der Waals surface area contributed by atoms with E-state index in [-0.39, 0.29) is 11.9 Å². The number of ether oxygens (including phenoxy) is 1. The van der Waals surface area contributed by atoms with Crippen molar-refractivity contribution in [3.05, 3.63) is 23.9 Å². The Hall–Kier alpha value is -1.62. The summed E-state index contributed by atoms with van der Waals surface area (Å²) in [4.78, 5) is 18.4. The van der Waals surface area contributed by atoms with Crippen molar-refractivity contribution in [2.45, 2.75) is 25.8 Å². The number of nitrogens with two attached hydrogens (primary N) is 1. The number of pyridine rings is 1. The van der Waals surface area contributed by atoms with Crippen LogP contribution in [0.2, 0.25) is 0 Å². The molecule has 1 fully saturated rings. The highest BCUT2D eigenvalue weighted by Gasteiger charge is 2.29. The van der Waals surface area contributed by atoms with E-state index >= 15 is 0 Å². The van der Waals surface area contributed by atoms with Gasteiger partial charge in [-0.1, -0.05) is 13.3 Å². The number of hydrogen-bond donors (Lipinski definition) is 1. The van der Waals surface area contributed by atoms with Crippen molar-refractivity contribution in [1.82, 2.24) is 9.88 Å². The quantitative estimate of drug-likeness (QED) is 0.892. The van der Waals surface area contributed by atoms with E-state index in [2.05, 4.69) is 11.9 Å². The van der Waals surface area contributed by atoms with Crippen LogP contribution in [0, 0.1) is 5.92 Å². The van der Waals surface area contributed by atoms with Gasteiger partial charge < -0.3 is 15.4 Å². The second kappa shape index (κ2) is 6.02. The highest BCUT2D eigenvalue weighted by molar-refractivity contribution is 5.96. The maximum absolute atomic E-state index is 12.5. The van der Waals surface area contributed by atoms with Crippen LogP contribution in [0.25, 0.3) is 0 Å². The molecule has 5 nitrogen and oxygen atoms in total. The summed E-state index contributed by atoms with van der Waals surface area (Å²) in [5, 5.41) is 0. The molecule has 0 saturated carbocycles. The molecule has 1 aromatic rings. The van der Waals surface area contributed by atoms with Gasteiger partial charge in [-0.25, -0.2) is 4.98 Å². The maximum Gasteiger partial charge on any atom is 0.259 e. The Bertz CT molecular complexity index is 450. The fourth-order valence-electron chi connectivity index (χ4n) is 2.55. The largest absolute Gasteiger partial charge is 0.480 e. The van der Waals surface area contributed by atoms with Gasteiger partial charge in [0, 0.05) is 25.3 Å². The lowest BCUT2D eigenvalue weighted by Gasteiger charge is -2.36. The minimum absolute atomic E-state index is 0.0182. The number of carbonyl (C=O) groups is 1. The molecule has 2 N–H and O–H groups in total. The van der Waals surface area contributed by atoms with Crippen LogP contribution in [0.15, 0.2) is 18.3 Å². The Balaban J connectivity index is 2.15. The lowest BCUT2D eigenvalue weighted by Crippen LogP contribution is -2.49. The van der Waals surface area contributed by atoms with Gasteiger partial charge in [0.05, 0.1) is 7.11 Å². The Morgan fingerprint density at radius 3 is 3.11 bits per heavy atom. The minimum atomic E-state index is -0.0182. The molecule has 0 aliphatic carbocycles. The van der Waals surface area contributed by atoms with Crippen LogP contribution >= 0.6 is 0 Å². The average molecular weight is 263 g/mol. The van der Waals surface area contributed by atoms with Gasteiger partial charge in [0.25, 0.3) is 5.91 Å². The van der Waals surface area contributed by atoms with Crippen molar-refractivity contribution in [1.29, 1.82) is 0 Å². The van der Waals surface area contributed by atoms with Gasteiger partial charge in [-0.05, 0) is 24.5 Å². The van der Waals surface area contributed by atoms with E-state index < -0.39 is 0 Å². The zero-order valence-corrected chi connectivity index (χ0v) is 11.5. The third-order valence-corrected chi connectivity index (χ3v) is 3.80. The third-order valence-electron chi connectivity index (χ3n) is 3.80. The zero-order chi connectivity index (χ0) is 13.8. The Morgan fingerprint density at radius 2 is 2.42 bits per heavy atom.